The standard InChI is InChI=1S/C15H13N3O4S/c1-2-22-15(19)11-5-7-12(8-6-11)18-10-17-23(20,21)13-4-3-9-16-14(13)18/h3-10H,2H2,1H3. The van der Waals surface area contributed by atoms with E-state index in [-0.39, 0.29) is 10.7 Å². The van der Waals surface area contributed by atoms with E-state index in [1.165, 1.54) is 18.6 Å². The van der Waals surface area contributed by atoms with E-state index in [2.05, 4.69) is 9.38 Å². The van der Waals surface area contributed by atoms with Crippen molar-refractivity contribution in [2.45, 2.75) is 11.8 Å². The van der Waals surface area contributed by atoms with Gasteiger partial charge in [0.15, 0.2) is 5.82 Å². The van der Waals surface area contributed by atoms with Crippen molar-refractivity contribution in [2.75, 3.05) is 11.5 Å². The number of benzene rings is 1. The highest BCUT2D eigenvalue weighted by molar-refractivity contribution is 7.90. The molecule has 0 saturated carbocycles. The zero-order chi connectivity index (χ0) is 16.4. The second-order valence-corrected chi connectivity index (χ2v) is 6.26. The van der Waals surface area contributed by atoms with Crippen molar-refractivity contribution in [1.29, 1.82) is 0 Å². The zero-order valence-corrected chi connectivity index (χ0v) is 13.0. The van der Waals surface area contributed by atoms with E-state index in [1.807, 2.05) is 0 Å². The summed E-state index contributed by atoms with van der Waals surface area (Å²) in [4.78, 5) is 17.4. The summed E-state index contributed by atoms with van der Waals surface area (Å²) >= 11 is 0. The number of sulfonamides is 1. The van der Waals surface area contributed by atoms with Gasteiger partial charge in [-0.2, -0.15) is 8.42 Å². The number of rotatable bonds is 3. The van der Waals surface area contributed by atoms with Crippen molar-refractivity contribution >= 4 is 33.8 Å². The summed E-state index contributed by atoms with van der Waals surface area (Å²) in [5.41, 5.74) is 1.05. The molecule has 7 nitrogen and oxygen atoms in total. The summed E-state index contributed by atoms with van der Waals surface area (Å²) in [5.74, 6) is -0.140. The number of fused-ring (bicyclic) bond motifs is 1. The summed E-state index contributed by atoms with van der Waals surface area (Å²) in [5, 5.41) is 0. The van der Waals surface area contributed by atoms with Crippen LogP contribution in [-0.2, 0) is 14.8 Å². The number of carbonyl (C=O) groups is 1. The summed E-state index contributed by atoms with van der Waals surface area (Å²) in [7, 11) is -3.72. The average Bonchev–Trinajstić information content (AvgIpc) is 2.56. The fourth-order valence-electron chi connectivity index (χ4n) is 2.15. The normalized spacial score (nSPS) is 15.1. The van der Waals surface area contributed by atoms with Crippen LogP contribution >= 0.6 is 0 Å². The van der Waals surface area contributed by atoms with E-state index in [4.69, 9.17) is 4.74 Å². The lowest BCUT2D eigenvalue weighted by molar-refractivity contribution is 0.0526. The molecule has 1 aromatic heterocycles. The molecule has 0 amide bonds. The van der Waals surface area contributed by atoms with Gasteiger partial charge in [-0.15, -0.1) is 4.40 Å². The lowest BCUT2D eigenvalue weighted by Gasteiger charge is -2.23. The van der Waals surface area contributed by atoms with E-state index in [1.54, 1.807) is 42.2 Å². The molecule has 0 bridgehead atoms. The first-order valence-corrected chi connectivity index (χ1v) is 8.29. The molecule has 0 aliphatic carbocycles. The Bertz CT molecular complexity index is 876. The van der Waals surface area contributed by atoms with Crippen LogP contribution in [0.4, 0.5) is 11.5 Å². The van der Waals surface area contributed by atoms with Crippen LogP contribution in [0.5, 0.6) is 0 Å². The highest BCUT2D eigenvalue weighted by atomic mass is 32.2. The molecule has 23 heavy (non-hydrogen) atoms. The number of ether oxygens (including phenoxy) is 1. The van der Waals surface area contributed by atoms with Crippen molar-refractivity contribution in [1.82, 2.24) is 4.98 Å². The topological polar surface area (TPSA) is 88.9 Å². The van der Waals surface area contributed by atoms with E-state index >= 15 is 0 Å². The highest BCUT2D eigenvalue weighted by Crippen LogP contribution is 2.32. The fourth-order valence-corrected chi connectivity index (χ4v) is 3.11. The summed E-state index contributed by atoms with van der Waals surface area (Å²) in [6.45, 7) is 2.04. The van der Waals surface area contributed by atoms with Gasteiger partial charge in [-0.25, -0.2) is 9.78 Å². The molecule has 0 radical (unpaired) electrons. The number of pyridine rings is 1. The molecule has 3 rings (SSSR count). The van der Waals surface area contributed by atoms with Gasteiger partial charge in [0, 0.05) is 11.9 Å². The maximum atomic E-state index is 11.9. The first-order chi connectivity index (χ1) is 11.0. The lowest BCUT2D eigenvalue weighted by Crippen LogP contribution is -2.23. The van der Waals surface area contributed by atoms with Crippen LogP contribution in [0.15, 0.2) is 51.9 Å². The van der Waals surface area contributed by atoms with Gasteiger partial charge in [0.1, 0.15) is 11.2 Å². The fraction of sp³-hybridized carbons (Fsp3) is 0.133. The molecular formula is C15H13N3O4S. The van der Waals surface area contributed by atoms with Gasteiger partial charge in [-0.05, 0) is 43.3 Å². The molecule has 1 aromatic carbocycles. The molecule has 1 aliphatic heterocycles. The Morgan fingerprint density at radius 1 is 1.22 bits per heavy atom. The van der Waals surface area contributed by atoms with Crippen LogP contribution in [0.3, 0.4) is 0 Å². The minimum absolute atomic E-state index is 0.0389. The molecule has 0 atom stereocenters. The molecule has 0 unspecified atom stereocenters. The monoisotopic (exact) mass is 331 g/mol. The Hall–Kier alpha value is -2.74. The average molecular weight is 331 g/mol. The van der Waals surface area contributed by atoms with E-state index in [0.717, 1.165) is 0 Å². The Morgan fingerprint density at radius 3 is 2.65 bits per heavy atom. The Kier molecular flexibility index (Phi) is 3.83. The molecule has 0 spiro atoms. The van der Waals surface area contributed by atoms with Crippen molar-refractivity contribution in [3.05, 3.63) is 48.2 Å². The predicted octanol–water partition coefficient (Wildman–Crippen LogP) is 2.13. The molecule has 118 valence electrons. The van der Waals surface area contributed by atoms with Crippen LogP contribution in [0.2, 0.25) is 0 Å². The van der Waals surface area contributed by atoms with E-state index in [9.17, 15) is 13.2 Å². The first kappa shape index (κ1) is 15.2. The number of carbonyl (C=O) groups excluding carboxylic acids is 1. The number of hydrogen-bond acceptors (Lipinski definition) is 6. The van der Waals surface area contributed by atoms with Gasteiger partial charge in [0.25, 0.3) is 10.0 Å². The number of esters is 1. The lowest BCUT2D eigenvalue weighted by atomic mass is 10.2. The predicted molar refractivity (Wildman–Crippen MR) is 84.5 cm³/mol. The second-order valence-electron chi connectivity index (χ2n) is 4.66. The Labute approximate surface area is 133 Å². The van der Waals surface area contributed by atoms with Gasteiger partial charge in [0.2, 0.25) is 0 Å². The molecule has 0 saturated heterocycles. The van der Waals surface area contributed by atoms with Crippen LogP contribution in [0.25, 0.3) is 0 Å². The minimum atomic E-state index is -3.72. The molecule has 2 aromatic rings. The smallest absolute Gasteiger partial charge is 0.338 e. The zero-order valence-electron chi connectivity index (χ0n) is 12.2. The largest absolute Gasteiger partial charge is 0.462 e. The van der Waals surface area contributed by atoms with Crippen LogP contribution < -0.4 is 4.90 Å². The van der Waals surface area contributed by atoms with Crippen molar-refractivity contribution in [2.24, 2.45) is 4.40 Å². The van der Waals surface area contributed by atoms with Gasteiger partial charge < -0.3 is 4.74 Å². The van der Waals surface area contributed by atoms with Crippen molar-refractivity contribution in [3.63, 3.8) is 0 Å². The van der Waals surface area contributed by atoms with Crippen LogP contribution in [0.1, 0.15) is 17.3 Å². The third kappa shape index (κ3) is 2.80. The van der Waals surface area contributed by atoms with Gasteiger partial charge in [-0.1, -0.05) is 0 Å². The van der Waals surface area contributed by atoms with Gasteiger partial charge in [0.05, 0.1) is 12.2 Å². The van der Waals surface area contributed by atoms with Crippen molar-refractivity contribution in [3.8, 4) is 0 Å². The summed E-state index contributed by atoms with van der Waals surface area (Å²) < 4.78 is 32.4. The molecule has 0 fully saturated rings. The summed E-state index contributed by atoms with van der Waals surface area (Å²) in [6, 6.07) is 9.55. The molecule has 1 aliphatic rings. The van der Waals surface area contributed by atoms with Crippen LogP contribution in [0, 0.1) is 0 Å². The molecule has 2 heterocycles. The van der Waals surface area contributed by atoms with E-state index in [0.29, 0.717) is 17.9 Å². The maximum Gasteiger partial charge on any atom is 0.338 e. The number of aromatic nitrogens is 1. The highest BCUT2D eigenvalue weighted by Gasteiger charge is 2.27. The minimum Gasteiger partial charge on any atom is -0.462 e. The van der Waals surface area contributed by atoms with Gasteiger partial charge in [-0.3, -0.25) is 4.90 Å². The molecule has 0 N–H and O–H groups in total. The maximum absolute atomic E-state index is 11.9. The quantitative estimate of drug-likeness (QED) is 0.801. The number of anilines is 2. The Morgan fingerprint density at radius 2 is 1.96 bits per heavy atom. The third-order valence-corrected chi connectivity index (χ3v) is 4.46. The SMILES string of the molecule is CCOC(=O)c1ccc(N2C=NS(=O)(=O)c3cccnc32)cc1. The molecular weight excluding hydrogens is 318 g/mol. The number of nitrogens with zero attached hydrogens (tertiary/aromatic N) is 3. The molecule has 8 heteroatoms. The van der Waals surface area contributed by atoms with Crippen molar-refractivity contribution < 1.29 is 17.9 Å². The third-order valence-electron chi connectivity index (χ3n) is 3.21. The van der Waals surface area contributed by atoms with E-state index < -0.39 is 16.0 Å². The second kappa shape index (κ2) is 5.81. The van der Waals surface area contributed by atoms with Crippen LogP contribution in [-0.4, -0.2) is 32.3 Å². The number of hydrogen-bond donors (Lipinski definition) is 0. The van der Waals surface area contributed by atoms with Gasteiger partial charge >= 0.3 is 5.97 Å². The summed E-state index contributed by atoms with van der Waals surface area (Å²) in [6.07, 6.45) is 2.71. The first-order valence-electron chi connectivity index (χ1n) is 6.85. The Balaban J connectivity index is 1.98.